The SMILES string of the molecule is Cc1c(Br)cnn1[C@H](C)C(=O)N1CCN(c2ccccc2F)CC1. The number of hydrogen-bond donors (Lipinski definition) is 0. The molecule has 128 valence electrons. The van der Waals surface area contributed by atoms with Crippen molar-refractivity contribution in [3.05, 3.63) is 46.4 Å². The molecule has 1 atom stereocenters. The van der Waals surface area contributed by atoms with Gasteiger partial charge >= 0.3 is 0 Å². The molecule has 0 unspecified atom stereocenters. The van der Waals surface area contributed by atoms with E-state index in [2.05, 4.69) is 21.0 Å². The average Bonchev–Trinajstić information content (AvgIpc) is 2.93. The molecule has 0 bridgehead atoms. The number of piperazine rings is 1. The molecule has 1 aliphatic rings. The van der Waals surface area contributed by atoms with Crippen LogP contribution in [0.25, 0.3) is 0 Å². The molecule has 1 saturated heterocycles. The van der Waals surface area contributed by atoms with Crippen molar-refractivity contribution in [1.29, 1.82) is 0 Å². The van der Waals surface area contributed by atoms with E-state index in [9.17, 15) is 9.18 Å². The number of aromatic nitrogens is 2. The topological polar surface area (TPSA) is 41.4 Å². The maximum atomic E-state index is 13.9. The molecule has 0 radical (unpaired) electrons. The summed E-state index contributed by atoms with van der Waals surface area (Å²) in [7, 11) is 0. The third-order valence-corrected chi connectivity index (χ3v) is 5.27. The molecule has 0 N–H and O–H groups in total. The number of hydrogen-bond acceptors (Lipinski definition) is 3. The van der Waals surface area contributed by atoms with E-state index in [1.54, 1.807) is 23.0 Å². The predicted molar refractivity (Wildman–Crippen MR) is 94.6 cm³/mol. The van der Waals surface area contributed by atoms with Crippen LogP contribution in [-0.4, -0.2) is 46.8 Å². The van der Waals surface area contributed by atoms with Crippen molar-refractivity contribution in [1.82, 2.24) is 14.7 Å². The van der Waals surface area contributed by atoms with Crippen molar-refractivity contribution in [3.63, 3.8) is 0 Å². The summed E-state index contributed by atoms with van der Waals surface area (Å²) < 4.78 is 16.5. The van der Waals surface area contributed by atoms with Crippen LogP contribution in [0, 0.1) is 12.7 Å². The minimum atomic E-state index is -0.351. The summed E-state index contributed by atoms with van der Waals surface area (Å²) in [6, 6.07) is 6.41. The van der Waals surface area contributed by atoms with Crippen LogP contribution in [0.15, 0.2) is 34.9 Å². The smallest absolute Gasteiger partial charge is 0.247 e. The largest absolute Gasteiger partial charge is 0.366 e. The van der Waals surface area contributed by atoms with Gasteiger partial charge < -0.3 is 9.80 Å². The zero-order valence-electron chi connectivity index (χ0n) is 13.7. The summed E-state index contributed by atoms with van der Waals surface area (Å²) >= 11 is 3.42. The van der Waals surface area contributed by atoms with Crippen molar-refractivity contribution >= 4 is 27.5 Å². The van der Waals surface area contributed by atoms with Gasteiger partial charge in [-0.3, -0.25) is 9.48 Å². The molecule has 5 nitrogen and oxygen atoms in total. The van der Waals surface area contributed by atoms with Gasteiger partial charge in [0.2, 0.25) is 5.91 Å². The fourth-order valence-electron chi connectivity index (χ4n) is 3.04. The van der Waals surface area contributed by atoms with Crippen LogP contribution in [0.4, 0.5) is 10.1 Å². The molecule has 7 heteroatoms. The molecule has 0 saturated carbocycles. The molecule has 3 rings (SSSR count). The first-order valence-corrected chi connectivity index (χ1v) is 8.76. The Bertz CT molecular complexity index is 740. The van der Waals surface area contributed by atoms with Crippen molar-refractivity contribution < 1.29 is 9.18 Å². The average molecular weight is 395 g/mol. The van der Waals surface area contributed by atoms with Crippen LogP contribution >= 0.6 is 15.9 Å². The Labute approximate surface area is 149 Å². The number of benzene rings is 1. The fraction of sp³-hybridized carbons (Fsp3) is 0.412. The van der Waals surface area contributed by atoms with Crippen molar-refractivity contribution in [2.75, 3.05) is 31.1 Å². The molecule has 2 heterocycles. The summed E-state index contributed by atoms with van der Waals surface area (Å²) in [5, 5.41) is 4.27. The molecule has 1 amide bonds. The monoisotopic (exact) mass is 394 g/mol. The lowest BCUT2D eigenvalue weighted by Crippen LogP contribution is -2.50. The Balaban J connectivity index is 1.65. The Morgan fingerprint density at radius 1 is 1.25 bits per heavy atom. The summed E-state index contributed by atoms with van der Waals surface area (Å²) in [5.41, 5.74) is 1.53. The van der Waals surface area contributed by atoms with E-state index in [4.69, 9.17) is 0 Å². The quantitative estimate of drug-likeness (QED) is 0.803. The second-order valence-corrected chi connectivity index (χ2v) is 6.82. The number of rotatable bonds is 3. The third-order valence-electron chi connectivity index (χ3n) is 4.49. The number of amides is 1. The molecule has 1 fully saturated rings. The number of carbonyl (C=O) groups is 1. The van der Waals surface area contributed by atoms with Crippen molar-refractivity contribution in [2.45, 2.75) is 19.9 Å². The van der Waals surface area contributed by atoms with Gasteiger partial charge in [0.1, 0.15) is 11.9 Å². The highest BCUT2D eigenvalue weighted by molar-refractivity contribution is 9.10. The molecule has 24 heavy (non-hydrogen) atoms. The third kappa shape index (κ3) is 3.17. The first kappa shape index (κ1) is 17.0. The molecule has 0 aliphatic carbocycles. The fourth-order valence-corrected chi connectivity index (χ4v) is 3.31. The minimum Gasteiger partial charge on any atom is -0.366 e. The lowest BCUT2D eigenvalue weighted by Gasteiger charge is -2.37. The number of carbonyl (C=O) groups excluding carboxylic acids is 1. The molecular weight excluding hydrogens is 375 g/mol. The summed E-state index contributed by atoms with van der Waals surface area (Å²) in [5.74, 6) is -0.176. The van der Waals surface area contributed by atoms with Crippen molar-refractivity contribution in [2.24, 2.45) is 0 Å². The van der Waals surface area contributed by atoms with Gasteiger partial charge in [0.15, 0.2) is 0 Å². The molecule has 1 aromatic carbocycles. The second-order valence-electron chi connectivity index (χ2n) is 5.96. The standard InChI is InChI=1S/C17H20BrFN4O/c1-12-14(18)11-20-23(12)13(2)17(24)22-9-7-21(8-10-22)16-6-4-3-5-15(16)19/h3-6,11,13H,7-10H2,1-2H3/t13-/m1/s1. The van der Waals surface area contributed by atoms with E-state index >= 15 is 0 Å². The van der Waals surface area contributed by atoms with Gasteiger partial charge in [0, 0.05) is 26.2 Å². The predicted octanol–water partition coefficient (Wildman–Crippen LogP) is 3.00. The highest BCUT2D eigenvalue weighted by Gasteiger charge is 2.27. The zero-order valence-corrected chi connectivity index (χ0v) is 15.3. The molecule has 1 aromatic heterocycles. The van der Waals surface area contributed by atoms with Gasteiger partial charge in [-0.15, -0.1) is 0 Å². The minimum absolute atomic E-state index is 0.0434. The molecule has 1 aliphatic heterocycles. The van der Waals surface area contributed by atoms with Gasteiger partial charge in [-0.1, -0.05) is 12.1 Å². The maximum Gasteiger partial charge on any atom is 0.247 e. The highest BCUT2D eigenvalue weighted by atomic mass is 79.9. The molecule has 2 aromatic rings. The van der Waals surface area contributed by atoms with Gasteiger partial charge in [-0.25, -0.2) is 4.39 Å². The van der Waals surface area contributed by atoms with Gasteiger partial charge in [0.05, 0.1) is 22.1 Å². The van der Waals surface area contributed by atoms with E-state index in [-0.39, 0.29) is 17.8 Å². The van der Waals surface area contributed by atoms with Crippen LogP contribution in [-0.2, 0) is 4.79 Å². The van der Waals surface area contributed by atoms with Crippen LogP contribution in [0.3, 0.4) is 0 Å². The van der Waals surface area contributed by atoms with Gasteiger partial charge in [0.25, 0.3) is 0 Å². The van der Waals surface area contributed by atoms with E-state index in [1.165, 1.54) is 6.07 Å². The van der Waals surface area contributed by atoms with Crippen LogP contribution in [0.2, 0.25) is 0 Å². The Morgan fingerprint density at radius 3 is 2.50 bits per heavy atom. The van der Waals surface area contributed by atoms with Crippen LogP contribution in [0.1, 0.15) is 18.7 Å². The van der Waals surface area contributed by atoms with Gasteiger partial charge in [-0.05, 0) is 41.9 Å². The summed E-state index contributed by atoms with van der Waals surface area (Å²) in [4.78, 5) is 16.5. The summed E-state index contributed by atoms with van der Waals surface area (Å²) in [6.07, 6.45) is 1.70. The first-order valence-electron chi connectivity index (χ1n) is 7.97. The van der Waals surface area contributed by atoms with E-state index in [0.717, 1.165) is 10.2 Å². The number of nitrogens with zero attached hydrogens (tertiary/aromatic N) is 4. The van der Waals surface area contributed by atoms with E-state index < -0.39 is 0 Å². The number of anilines is 1. The second kappa shape index (κ2) is 6.93. The molecular formula is C17H20BrFN4O. The maximum absolute atomic E-state index is 13.9. The zero-order chi connectivity index (χ0) is 17.3. The normalized spacial score (nSPS) is 16.3. The number of halogens is 2. The van der Waals surface area contributed by atoms with Gasteiger partial charge in [-0.2, -0.15) is 5.10 Å². The molecule has 0 spiro atoms. The lowest BCUT2D eigenvalue weighted by atomic mass is 10.2. The first-order chi connectivity index (χ1) is 11.5. The highest BCUT2D eigenvalue weighted by Crippen LogP contribution is 2.23. The van der Waals surface area contributed by atoms with E-state index in [0.29, 0.717) is 31.9 Å². The van der Waals surface area contributed by atoms with Crippen LogP contribution in [0.5, 0.6) is 0 Å². The Morgan fingerprint density at radius 2 is 1.92 bits per heavy atom. The van der Waals surface area contributed by atoms with E-state index in [1.807, 2.05) is 29.7 Å². The van der Waals surface area contributed by atoms with Crippen LogP contribution < -0.4 is 4.90 Å². The Kier molecular flexibility index (Phi) is 4.89. The van der Waals surface area contributed by atoms with Crippen molar-refractivity contribution in [3.8, 4) is 0 Å². The summed E-state index contributed by atoms with van der Waals surface area (Å²) in [6.45, 7) is 6.20. The Hall–Kier alpha value is -1.89. The lowest BCUT2D eigenvalue weighted by molar-refractivity contribution is -0.134. The number of para-hydroxylation sites is 1.